The molecule has 0 bridgehead atoms. The van der Waals surface area contributed by atoms with Gasteiger partial charge in [0.2, 0.25) is 0 Å². The van der Waals surface area contributed by atoms with E-state index in [1.165, 1.54) is 11.4 Å². The molecular formula is C3H10NOPS2. The van der Waals surface area contributed by atoms with Crippen LogP contribution in [0.3, 0.4) is 0 Å². The molecule has 1 unspecified atom stereocenters. The van der Waals surface area contributed by atoms with E-state index in [4.69, 9.17) is 10.4 Å². The SMILES string of the molecule is CCCSP(N)(O)=S. The van der Waals surface area contributed by atoms with Crippen molar-refractivity contribution in [1.29, 1.82) is 0 Å². The quantitative estimate of drug-likeness (QED) is 0.628. The molecule has 0 saturated carbocycles. The van der Waals surface area contributed by atoms with Crippen molar-refractivity contribution in [3.8, 4) is 0 Å². The van der Waals surface area contributed by atoms with Crippen LogP contribution in [0.25, 0.3) is 0 Å². The minimum atomic E-state index is -2.43. The highest BCUT2D eigenvalue weighted by atomic mass is 32.9. The van der Waals surface area contributed by atoms with Crippen LogP contribution in [0.4, 0.5) is 0 Å². The first-order valence-electron chi connectivity index (χ1n) is 2.32. The Balaban J connectivity index is 3.26. The number of hydrogen-bond donors (Lipinski definition) is 2. The third-order valence-corrected chi connectivity index (χ3v) is 4.05. The van der Waals surface area contributed by atoms with Crippen LogP contribution < -0.4 is 5.50 Å². The van der Waals surface area contributed by atoms with Gasteiger partial charge in [-0.1, -0.05) is 18.3 Å². The van der Waals surface area contributed by atoms with Gasteiger partial charge in [-0.2, -0.15) is 0 Å². The zero-order chi connectivity index (χ0) is 6.62. The lowest BCUT2D eigenvalue weighted by molar-refractivity contribution is 0.640. The van der Waals surface area contributed by atoms with Gasteiger partial charge in [0.1, 0.15) is 0 Å². The van der Waals surface area contributed by atoms with Gasteiger partial charge in [0, 0.05) is 5.75 Å². The zero-order valence-electron chi connectivity index (χ0n) is 4.70. The molecule has 0 aliphatic rings. The average Bonchev–Trinajstić information content (AvgIpc) is 1.59. The molecule has 0 heterocycles. The molecule has 5 heteroatoms. The van der Waals surface area contributed by atoms with Gasteiger partial charge in [-0.3, -0.25) is 5.50 Å². The van der Waals surface area contributed by atoms with Gasteiger partial charge in [-0.25, -0.2) is 0 Å². The van der Waals surface area contributed by atoms with E-state index in [0.29, 0.717) is 0 Å². The molecule has 0 aliphatic heterocycles. The lowest BCUT2D eigenvalue weighted by Gasteiger charge is -2.04. The van der Waals surface area contributed by atoms with Crippen LogP contribution in [-0.2, 0) is 11.8 Å². The fourth-order valence-electron chi connectivity index (χ4n) is 0.222. The van der Waals surface area contributed by atoms with Gasteiger partial charge in [-0.05, 0) is 18.2 Å². The molecule has 50 valence electrons. The largest absolute Gasteiger partial charge is 0.346 e. The van der Waals surface area contributed by atoms with Crippen molar-refractivity contribution in [2.45, 2.75) is 13.3 Å². The van der Waals surface area contributed by atoms with E-state index in [0.717, 1.165) is 12.2 Å². The molecule has 0 saturated heterocycles. The smallest absolute Gasteiger partial charge is 0.180 e. The topological polar surface area (TPSA) is 46.2 Å². The molecule has 0 fully saturated rings. The molecule has 3 N–H and O–H groups in total. The molecule has 0 aromatic rings. The summed E-state index contributed by atoms with van der Waals surface area (Å²) in [4.78, 5) is 8.82. The van der Waals surface area contributed by atoms with E-state index in [-0.39, 0.29) is 0 Å². The van der Waals surface area contributed by atoms with E-state index in [9.17, 15) is 0 Å². The summed E-state index contributed by atoms with van der Waals surface area (Å²) in [5.74, 6) is 0.865. The third-order valence-electron chi connectivity index (χ3n) is 0.480. The normalized spacial score (nSPS) is 17.9. The Kier molecular flexibility index (Phi) is 4.30. The van der Waals surface area contributed by atoms with Crippen LogP contribution in [-0.4, -0.2) is 10.6 Å². The maximum absolute atomic E-state index is 8.82. The van der Waals surface area contributed by atoms with Crippen LogP contribution in [0, 0.1) is 0 Å². The van der Waals surface area contributed by atoms with E-state index >= 15 is 0 Å². The summed E-state index contributed by atoms with van der Waals surface area (Å²) in [5, 5.41) is 0. The molecule has 0 aromatic carbocycles. The molecule has 0 spiro atoms. The molecule has 0 rings (SSSR count). The molecule has 8 heavy (non-hydrogen) atoms. The minimum Gasteiger partial charge on any atom is -0.346 e. The van der Waals surface area contributed by atoms with Crippen molar-refractivity contribution in [1.82, 2.24) is 0 Å². The summed E-state index contributed by atoms with van der Waals surface area (Å²) in [6, 6.07) is 0. The van der Waals surface area contributed by atoms with Crippen molar-refractivity contribution < 1.29 is 4.89 Å². The maximum atomic E-state index is 8.82. The molecule has 0 aliphatic carbocycles. The Morgan fingerprint density at radius 1 is 1.88 bits per heavy atom. The second-order valence-corrected chi connectivity index (χ2v) is 8.00. The summed E-state index contributed by atoms with van der Waals surface area (Å²) >= 11 is 5.85. The van der Waals surface area contributed by atoms with Crippen molar-refractivity contribution in [2.24, 2.45) is 5.50 Å². The number of hydrogen-bond acceptors (Lipinski definition) is 2. The first kappa shape index (κ1) is 8.92. The second-order valence-electron chi connectivity index (χ2n) is 1.40. The first-order chi connectivity index (χ1) is 3.56. The highest BCUT2D eigenvalue weighted by molar-refractivity contribution is 8.68. The van der Waals surface area contributed by atoms with Gasteiger partial charge in [0.05, 0.1) is 0 Å². The van der Waals surface area contributed by atoms with Crippen LogP contribution in [0.5, 0.6) is 0 Å². The Morgan fingerprint density at radius 3 is 2.50 bits per heavy atom. The van der Waals surface area contributed by atoms with Gasteiger partial charge >= 0.3 is 0 Å². The van der Waals surface area contributed by atoms with Crippen molar-refractivity contribution in [3.05, 3.63) is 0 Å². The van der Waals surface area contributed by atoms with Crippen LogP contribution in [0.1, 0.15) is 13.3 Å². The van der Waals surface area contributed by atoms with Gasteiger partial charge in [-0.15, -0.1) is 0 Å². The predicted octanol–water partition coefficient (Wildman–Crippen LogP) is 1.31. The maximum Gasteiger partial charge on any atom is 0.180 e. The third kappa shape index (κ3) is 6.92. The highest BCUT2D eigenvalue weighted by Crippen LogP contribution is 2.46. The molecule has 0 amide bonds. The molecule has 0 radical (unpaired) electrons. The molecular weight excluding hydrogens is 161 g/mol. The first-order valence-corrected chi connectivity index (χ1v) is 6.73. The van der Waals surface area contributed by atoms with Gasteiger partial charge in [0.25, 0.3) is 0 Å². The lowest BCUT2D eigenvalue weighted by Crippen LogP contribution is -1.87. The standard InChI is InChI=1S/C3H10NOPS2/c1-2-3-8-6(4,5)7/h2-3H2,1H3,(H3,4,5,7). The van der Waals surface area contributed by atoms with E-state index in [2.05, 4.69) is 11.8 Å². The fourth-order valence-corrected chi connectivity index (χ4v) is 2.67. The van der Waals surface area contributed by atoms with Crippen LogP contribution in [0.15, 0.2) is 0 Å². The Labute approximate surface area is 58.7 Å². The minimum absolute atomic E-state index is 0.865. The fraction of sp³-hybridized carbons (Fsp3) is 1.00. The lowest BCUT2D eigenvalue weighted by atomic mass is 10.6. The average molecular weight is 171 g/mol. The van der Waals surface area contributed by atoms with Gasteiger partial charge in [0.15, 0.2) is 5.62 Å². The zero-order valence-corrected chi connectivity index (χ0v) is 7.23. The van der Waals surface area contributed by atoms with Crippen molar-refractivity contribution in [3.63, 3.8) is 0 Å². The van der Waals surface area contributed by atoms with E-state index in [1.807, 2.05) is 6.92 Å². The van der Waals surface area contributed by atoms with Crippen LogP contribution >= 0.6 is 17.0 Å². The predicted molar refractivity (Wildman–Crippen MR) is 43.4 cm³/mol. The molecule has 0 aromatic heterocycles. The second kappa shape index (κ2) is 3.85. The van der Waals surface area contributed by atoms with Crippen molar-refractivity contribution in [2.75, 3.05) is 5.75 Å². The van der Waals surface area contributed by atoms with Gasteiger partial charge < -0.3 is 4.89 Å². The monoisotopic (exact) mass is 171 g/mol. The summed E-state index contributed by atoms with van der Waals surface area (Å²) in [7, 11) is 0. The Bertz CT molecular complexity index is 101. The summed E-state index contributed by atoms with van der Waals surface area (Å²) in [5.41, 5.74) is 2.73. The highest BCUT2D eigenvalue weighted by Gasteiger charge is 2.02. The van der Waals surface area contributed by atoms with E-state index in [1.54, 1.807) is 0 Å². The molecule has 1 atom stereocenters. The number of rotatable bonds is 3. The summed E-state index contributed by atoms with van der Waals surface area (Å²) in [6.07, 6.45) is 1.01. The van der Waals surface area contributed by atoms with Crippen LogP contribution in [0.2, 0.25) is 0 Å². The van der Waals surface area contributed by atoms with E-state index < -0.39 is 5.62 Å². The summed E-state index contributed by atoms with van der Waals surface area (Å²) in [6.45, 7) is 2.03. The number of nitrogens with two attached hydrogens (primary N) is 1. The Hall–Kier alpha value is 0.920. The Morgan fingerprint density at radius 2 is 2.38 bits per heavy atom. The van der Waals surface area contributed by atoms with Crippen molar-refractivity contribution >= 4 is 28.8 Å². The summed E-state index contributed by atoms with van der Waals surface area (Å²) < 4.78 is 0. The molecule has 2 nitrogen and oxygen atoms in total.